The van der Waals surface area contributed by atoms with Crippen LogP contribution in [0.1, 0.15) is 44.7 Å². The van der Waals surface area contributed by atoms with Crippen LogP contribution in [0.4, 0.5) is 5.69 Å². The minimum Gasteiger partial charge on any atom is -0.355 e. The smallest absolute Gasteiger partial charge is 0.244 e. The average Bonchev–Trinajstić information content (AvgIpc) is 2.75. The molecule has 0 unspecified atom stereocenters. The first-order valence-electron chi connectivity index (χ1n) is 10.8. The van der Waals surface area contributed by atoms with E-state index in [0.29, 0.717) is 12.2 Å². The lowest BCUT2D eigenvalue weighted by atomic mass is 10.0. The van der Waals surface area contributed by atoms with Crippen molar-refractivity contribution in [3.8, 4) is 0 Å². The first-order valence-corrected chi connectivity index (χ1v) is 13.5. The van der Waals surface area contributed by atoms with Crippen molar-refractivity contribution in [3.05, 3.63) is 64.1 Å². The van der Waals surface area contributed by atoms with Gasteiger partial charge in [0.2, 0.25) is 21.8 Å². The van der Waals surface area contributed by atoms with E-state index in [4.69, 9.17) is 0 Å². The molecule has 1 atom stereocenters. The molecule has 0 spiro atoms. The second-order valence-electron chi connectivity index (χ2n) is 8.20. The average molecular weight is 539 g/mol. The third-order valence-electron chi connectivity index (χ3n) is 5.29. The van der Waals surface area contributed by atoms with Gasteiger partial charge in [-0.1, -0.05) is 60.1 Å². The molecule has 9 heteroatoms. The van der Waals surface area contributed by atoms with E-state index in [1.807, 2.05) is 50.2 Å². The molecule has 1 N–H and O–H groups in total. The molecule has 2 aromatic carbocycles. The van der Waals surface area contributed by atoms with Crippen LogP contribution in [0.3, 0.4) is 0 Å². The maximum absolute atomic E-state index is 13.5. The van der Waals surface area contributed by atoms with E-state index in [1.54, 1.807) is 26.0 Å². The number of benzene rings is 2. The molecule has 0 aromatic heterocycles. The Morgan fingerprint density at radius 2 is 1.64 bits per heavy atom. The Balaban J connectivity index is 2.44. The molecule has 0 fully saturated rings. The monoisotopic (exact) mass is 537 g/mol. The Bertz CT molecular complexity index is 1070. The number of para-hydroxylation sites is 1. The molecular formula is C24H32BrN3O4S. The largest absolute Gasteiger partial charge is 0.355 e. The fourth-order valence-corrected chi connectivity index (χ4v) is 4.62. The minimum atomic E-state index is -3.76. The number of carbonyl (C=O) groups excluding carboxylic acids is 2. The molecule has 0 saturated heterocycles. The number of hydrogen-bond acceptors (Lipinski definition) is 4. The maximum atomic E-state index is 13.5. The molecule has 0 radical (unpaired) electrons. The topological polar surface area (TPSA) is 86.8 Å². The van der Waals surface area contributed by atoms with Crippen LogP contribution in [0.25, 0.3) is 0 Å². The Kier molecular flexibility index (Phi) is 9.48. The van der Waals surface area contributed by atoms with Gasteiger partial charge in [0.05, 0.1) is 11.9 Å². The molecule has 33 heavy (non-hydrogen) atoms. The van der Waals surface area contributed by atoms with E-state index in [1.165, 1.54) is 4.90 Å². The van der Waals surface area contributed by atoms with Gasteiger partial charge in [0.15, 0.2) is 0 Å². The second kappa shape index (κ2) is 11.7. The third kappa shape index (κ3) is 7.30. The van der Waals surface area contributed by atoms with Crippen LogP contribution >= 0.6 is 15.9 Å². The highest BCUT2D eigenvalue weighted by Crippen LogP contribution is 2.29. The van der Waals surface area contributed by atoms with Gasteiger partial charge in [-0.3, -0.25) is 13.9 Å². The van der Waals surface area contributed by atoms with Crippen LogP contribution in [-0.2, 0) is 26.2 Å². The molecule has 0 aliphatic rings. The lowest BCUT2D eigenvalue weighted by Gasteiger charge is -2.32. The number of amides is 2. The van der Waals surface area contributed by atoms with Gasteiger partial charge in [0.1, 0.15) is 12.6 Å². The highest BCUT2D eigenvalue weighted by Gasteiger charge is 2.30. The normalized spacial score (nSPS) is 12.3. The highest BCUT2D eigenvalue weighted by atomic mass is 79.9. The van der Waals surface area contributed by atoms with Gasteiger partial charge >= 0.3 is 0 Å². The molecule has 0 aliphatic heterocycles. The minimum absolute atomic E-state index is 0.0636. The van der Waals surface area contributed by atoms with E-state index in [9.17, 15) is 18.0 Å². The zero-order valence-corrected chi connectivity index (χ0v) is 22.1. The summed E-state index contributed by atoms with van der Waals surface area (Å²) in [6.07, 6.45) is 1.09. The fraction of sp³-hybridized carbons (Fsp3) is 0.417. The van der Waals surface area contributed by atoms with Gasteiger partial charge < -0.3 is 10.2 Å². The van der Waals surface area contributed by atoms with Crippen molar-refractivity contribution in [2.45, 2.75) is 46.2 Å². The van der Waals surface area contributed by atoms with E-state index in [-0.39, 0.29) is 18.4 Å². The molecule has 0 aliphatic carbocycles. The molecule has 0 heterocycles. The third-order valence-corrected chi connectivity index (χ3v) is 6.95. The second-order valence-corrected chi connectivity index (χ2v) is 11.0. The van der Waals surface area contributed by atoms with Gasteiger partial charge in [-0.15, -0.1) is 0 Å². The van der Waals surface area contributed by atoms with Crippen molar-refractivity contribution in [2.75, 3.05) is 23.7 Å². The zero-order valence-electron chi connectivity index (χ0n) is 19.7. The van der Waals surface area contributed by atoms with Crippen LogP contribution in [0.2, 0.25) is 0 Å². The number of likely N-dealkylation sites (N-methyl/N-ethyl adjacent to an activating group) is 1. The summed E-state index contributed by atoms with van der Waals surface area (Å²) in [6, 6.07) is 13.8. The van der Waals surface area contributed by atoms with Gasteiger partial charge in [-0.05, 0) is 49.1 Å². The summed E-state index contributed by atoms with van der Waals surface area (Å²) in [4.78, 5) is 27.5. The van der Waals surface area contributed by atoms with Gasteiger partial charge in [0.25, 0.3) is 0 Å². The van der Waals surface area contributed by atoms with Crippen LogP contribution in [0.15, 0.2) is 53.0 Å². The van der Waals surface area contributed by atoms with E-state index in [0.717, 1.165) is 26.2 Å². The van der Waals surface area contributed by atoms with Gasteiger partial charge in [0, 0.05) is 17.6 Å². The molecular weight excluding hydrogens is 506 g/mol. The number of sulfonamides is 1. The Morgan fingerprint density at radius 3 is 2.18 bits per heavy atom. The summed E-state index contributed by atoms with van der Waals surface area (Å²) < 4.78 is 27.5. The number of anilines is 1. The molecule has 0 bridgehead atoms. The van der Waals surface area contributed by atoms with Gasteiger partial charge in [-0.2, -0.15) is 0 Å². The Morgan fingerprint density at radius 1 is 1.03 bits per heavy atom. The van der Waals surface area contributed by atoms with Crippen molar-refractivity contribution < 1.29 is 18.0 Å². The highest BCUT2D eigenvalue weighted by molar-refractivity contribution is 9.10. The lowest BCUT2D eigenvalue weighted by Crippen LogP contribution is -2.51. The van der Waals surface area contributed by atoms with E-state index in [2.05, 4.69) is 21.2 Å². The summed E-state index contributed by atoms with van der Waals surface area (Å²) in [5.41, 5.74) is 2.13. The quantitative estimate of drug-likeness (QED) is 0.498. The Hall–Kier alpha value is -2.39. The van der Waals surface area contributed by atoms with Crippen LogP contribution in [-0.4, -0.2) is 50.5 Å². The SMILES string of the molecule is CCNC(=O)[C@@H](C)N(Cc1ccc(Br)cc1)C(=O)CN(c1ccccc1C(C)C)S(C)(=O)=O. The molecule has 2 amide bonds. The number of halogens is 1. The summed E-state index contributed by atoms with van der Waals surface area (Å²) in [5, 5.41) is 2.74. The first-order chi connectivity index (χ1) is 15.5. The van der Waals surface area contributed by atoms with E-state index >= 15 is 0 Å². The van der Waals surface area contributed by atoms with Gasteiger partial charge in [-0.25, -0.2) is 8.42 Å². The number of rotatable bonds is 10. The molecule has 7 nitrogen and oxygen atoms in total. The predicted octanol–water partition coefficient (Wildman–Crippen LogP) is 3.89. The molecule has 2 aromatic rings. The number of hydrogen-bond donors (Lipinski definition) is 1. The summed E-state index contributed by atoms with van der Waals surface area (Å²) in [5.74, 6) is -0.689. The maximum Gasteiger partial charge on any atom is 0.244 e. The number of nitrogens with one attached hydrogen (secondary N) is 1. The predicted molar refractivity (Wildman–Crippen MR) is 136 cm³/mol. The summed E-state index contributed by atoms with van der Waals surface area (Å²) in [7, 11) is -3.76. The van der Waals surface area contributed by atoms with Crippen LogP contribution in [0, 0.1) is 0 Å². The summed E-state index contributed by atoms with van der Waals surface area (Å²) >= 11 is 3.39. The van der Waals surface area contributed by atoms with Crippen molar-refractivity contribution in [1.29, 1.82) is 0 Å². The van der Waals surface area contributed by atoms with Crippen molar-refractivity contribution in [3.63, 3.8) is 0 Å². The number of nitrogens with zero attached hydrogens (tertiary/aromatic N) is 2. The van der Waals surface area contributed by atoms with Crippen molar-refractivity contribution in [1.82, 2.24) is 10.2 Å². The Labute approximate surface area is 205 Å². The first kappa shape index (κ1) is 26.9. The zero-order chi connectivity index (χ0) is 24.8. The molecule has 0 saturated carbocycles. The van der Waals surface area contributed by atoms with Crippen molar-refractivity contribution >= 4 is 43.5 Å². The van der Waals surface area contributed by atoms with Crippen LogP contribution in [0.5, 0.6) is 0 Å². The standard InChI is InChI=1S/C24H32BrN3O4S/c1-6-26-24(30)18(4)27(15-19-11-13-20(25)14-12-19)23(29)16-28(33(5,31)32)22-10-8-7-9-21(22)17(2)3/h7-14,17-18H,6,15-16H2,1-5H3,(H,26,30)/t18-/m1/s1. The number of carbonyl (C=O) groups is 2. The summed E-state index contributed by atoms with van der Waals surface area (Å²) in [6.45, 7) is 7.60. The molecule has 2 rings (SSSR count). The van der Waals surface area contributed by atoms with Crippen molar-refractivity contribution in [2.24, 2.45) is 0 Å². The lowest BCUT2D eigenvalue weighted by molar-refractivity contribution is -0.139. The fourth-order valence-electron chi connectivity index (χ4n) is 3.49. The molecule has 180 valence electrons. The van der Waals surface area contributed by atoms with E-state index < -0.39 is 28.5 Å². The van der Waals surface area contributed by atoms with Crippen LogP contribution < -0.4 is 9.62 Å².